The Kier molecular flexibility index (Phi) is 2.47. The number of hydrogen-bond acceptors (Lipinski definition) is 4. The summed E-state index contributed by atoms with van der Waals surface area (Å²) < 4.78 is 24.8. The van der Waals surface area contributed by atoms with Crippen molar-refractivity contribution in [1.29, 1.82) is 0 Å². The van der Waals surface area contributed by atoms with Gasteiger partial charge in [0.05, 0.1) is 4.92 Å². The van der Waals surface area contributed by atoms with E-state index in [-0.39, 0.29) is 5.69 Å². The quantitative estimate of drug-likeness (QED) is 0.563. The summed E-state index contributed by atoms with van der Waals surface area (Å²) in [5.74, 6) is 0. The zero-order chi connectivity index (χ0) is 10.9. The van der Waals surface area contributed by atoms with Crippen molar-refractivity contribution in [2.24, 2.45) is 5.73 Å². The minimum Gasteiger partial charge on any atom is -0.315 e. The van der Waals surface area contributed by atoms with Gasteiger partial charge >= 0.3 is 5.69 Å². The van der Waals surface area contributed by atoms with Crippen LogP contribution in [0, 0.1) is 10.1 Å². The Bertz CT molecular complexity index is 349. The molecule has 78 valence electrons. The van der Waals surface area contributed by atoms with Crippen molar-refractivity contribution in [1.82, 2.24) is 10.2 Å². The predicted octanol–water partition coefficient (Wildman–Crippen LogP) is 0.757. The van der Waals surface area contributed by atoms with Crippen molar-refractivity contribution in [2.75, 3.05) is 0 Å². The van der Waals surface area contributed by atoms with Gasteiger partial charge in [0.15, 0.2) is 0 Å². The summed E-state index contributed by atoms with van der Waals surface area (Å²) in [5.41, 5.74) is 2.23. The fourth-order valence-electron chi connectivity index (χ4n) is 0.924. The summed E-state index contributed by atoms with van der Waals surface area (Å²) in [6.45, 7) is 0.998. The van der Waals surface area contributed by atoms with Crippen LogP contribution in [0.15, 0.2) is 6.20 Å². The van der Waals surface area contributed by atoms with Crippen LogP contribution in [0.5, 0.6) is 0 Å². The number of aromatic nitrogens is 2. The summed E-state index contributed by atoms with van der Waals surface area (Å²) in [4.78, 5) is 9.58. The van der Waals surface area contributed by atoms with E-state index in [1.807, 2.05) is 0 Å². The first-order chi connectivity index (χ1) is 6.37. The summed E-state index contributed by atoms with van der Waals surface area (Å²) >= 11 is 0. The van der Waals surface area contributed by atoms with Gasteiger partial charge in [-0.15, -0.1) is 0 Å². The maximum absolute atomic E-state index is 12.4. The van der Waals surface area contributed by atoms with Gasteiger partial charge in [-0.3, -0.25) is 15.2 Å². The van der Waals surface area contributed by atoms with Crippen LogP contribution in [0.2, 0.25) is 0 Å². The molecule has 1 aromatic rings. The Balaban J connectivity index is 3.18. The van der Waals surface area contributed by atoms with E-state index in [1.54, 1.807) is 0 Å². The lowest BCUT2D eigenvalue weighted by Gasteiger charge is -2.20. The SMILES string of the molecule is CC(N)(c1[nH]ncc1[N+](=O)[O-])C(F)F. The third kappa shape index (κ3) is 1.55. The van der Waals surface area contributed by atoms with Crippen molar-refractivity contribution >= 4 is 5.69 Å². The molecule has 0 saturated heterocycles. The monoisotopic (exact) mass is 206 g/mol. The topological polar surface area (TPSA) is 97.8 Å². The van der Waals surface area contributed by atoms with Gasteiger partial charge in [0.2, 0.25) is 0 Å². The van der Waals surface area contributed by atoms with Crippen LogP contribution in [-0.2, 0) is 5.54 Å². The molecule has 6 nitrogen and oxygen atoms in total. The van der Waals surface area contributed by atoms with Crippen LogP contribution in [-0.4, -0.2) is 21.5 Å². The van der Waals surface area contributed by atoms with Gasteiger partial charge in [-0.2, -0.15) is 5.10 Å². The molecule has 0 aliphatic heterocycles. The smallest absolute Gasteiger partial charge is 0.312 e. The van der Waals surface area contributed by atoms with Gasteiger partial charge in [0.25, 0.3) is 6.43 Å². The maximum Gasteiger partial charge on any atom is 0.312 e. The lowest BCUT2D eigenvalue weighted by Crippen LogP contribution is -2.41. The molecule has 1 aromatic heterocycles. The molecule has 1 rings (SSSR count). The van der Waals surface area contributed by atoms with Crippen LogP contribution in [0.25, 0.3) is 0 Å². The van der Waals surface area contributed by atoms with Crippen LogP contribution in [0.1, 0.15) is 12.6 Å². The van der Waals surface area contributed by atoms with Crippen molar-refractivity contribution in [3.63, 3.8) is 0 Å². The standard InChI is InChI=1S/C6H8F2N4O2/c1-6(9,5(7)8)4-3(12(13)14)2-10-11-4/h2,5H,9H2,1H3,(H,10,11). The van der Waals surface area contributed by atoms with Gasteiger partial charge in [0, 0.05) is 0 Å². The van der Waals surface area contributed by atoms with E-state index in [0.29, 0.717) is 0 Å². The van der Waals surface area contributed by atoms with E-state index in [4.69, 9.17) is 5.73 Å². The van der Waals surface area contributed by atoms with Crippen molar-refractivity contribution in [3.05, 3.63) is 22.0 Å². The number of nitrogens with zero attached hydrogens (tertiary/aromatic N) is 2. The number of halogens is 2. The highest BCUT2D eigenvalue weighted by atomic mass is 19.3. The van der Waals surface area contributed by atoms with Gasteiger partial charge in [-0.05, 0) is 6.92 Å². The third-order valence-electron chi connectivity index (χ3n) is 1.81. The average molecular weight is 206 g/mol. The molecule has 0 aromatic carbocycles. The molecule has 1 unspecified atom stereocenters. The predicted molar refractivity (Wildman–Crippen MR) is 42.8 cm³/mol. The molecule has 0 radical (unpaired) electrons. The molecule has 0 spiro atoms. The second-order valence-electron chi connectivity index (χ2n) is 2.97. The molecular formula is C6H8F2N4O2. The van der Waals surface area contributed by atoms with Crippen LogP contribution in [0.4, 0.5) is 14.5 Å². The summed E-state index contributed by atoms with van der Waals surface area (Å²) in [6.07, 6.45) is -2.07. The molecule has 1 atom stereocenters. The molecule has 0 aliphatic carbocycles. The Morgan fingerprint density at radius 3 is 2.79 bits per heavy atom. The number of alkyl halides is 2. The van der Waals surface area contributed by atoms with E-state index in [0.717, 1.165) is 13.1 Å². The lowest BCUT2D eigenvalue weighted by molar-refractivity contribution is -0.386. The van der Waals surface area contributed by atoms with Gasteiger partial charge < -0.3 is 5.73 Å². The van der Waals surface area contributed by atoms with E-state index in [9.17, 15) is 18.9 Å². The maximum atomic E-state index is 12.4. The fraction of sp³-hybridized carbons (Fsp3) is 0.500. The molecule has 0 saturated carbocycles. The molecule has 14 heavy (non-hydrogen) atoms. The van der Waals surface area contributed by atoms with E-state index >= 15 is 0 Å². The van der Waals surface area contributed by atoms with Gasteiger partial charge in [-0.25, -0.2) is 8.78 Å². The molecule has 3 N–H and O–H groups in total. The Morgan fingerprint density at radius 1 is 1.79 bits per heavy atom. The normalized spacial score (nSPS) is 15.5. The highest BCUT2D eigenvalue weighted by molar-refractivity contribution is 5.37. The second-order valence-corrected chi connectivity index (χ2v) is 2.97. The Hall–Kier alpha value is -1.57. The van der Waals surface area contributed by atoms with Crippen LogP contribution >= 0.6 is 0 Å². The van der Waals surface area contributed by atoms with Gasteiger partial charge in [-0.1, -0.05) is 0 Å². The fourth-order valence-corrected chi connectivity index (χ4v) is 0.924. The average Bonchev–Trinajstić information content (AvgIpc) is 2.51. The summed E-state index contributed by atoms with van der Waals surface area (Å²) in [5, 5.41) is 15.8. The zero-order valence-corrected chi connectivity index (χ0v) is 7.20. The largest absolute Gasteiger partial charge is 0.315 e. The first-order valence-electron chi connectivity index (χ1n) is 3.62. The third-order valence-corrected chi connectivity index (χ3v) is 1.81. The second kappa shape index (κ2) is 3.29. The number of nitro groups is 1. The Morgan fingerprint density at radius 2 is 2.36 bits per heavy atom. The van der Waals surface area contributed by atoms with E-state index in [1.165, 1.54) is 0 Å². The molecular weight excluding hydrogens is 198 g/mol. The first-order valence-corrected chi connectivity index (χ1v) is 3.62. The van der Waals surface area contributed by atoms with Crippen molar-refractivity contribution in [2.45, 2.75) is 18.9 Å². The number of hydrogen-bond donors (Lipinski definition) is 2. The van der Waals surface area contributed by atoms with Gasteiger partial charge in [0.1, 0.15) is 17.4 Å². The minimum absolute atomic E-state index is 0.377. The van der Waals surface area contributed by atoms with Crippen LogP contribution in [0.3, 0.4) is 0 Å². The zero-order valence-electron chi connectivity index (χ0n) is 7.20. The molecule has 8 heteroatoms. The number of nitrogens with two attached hydrogens (primary N) is 1. The van der Waals surface area contributed by atoms with Crippen LogP contribution < -0.4 is 5.73 Å². The van der Waals surface area contributed by atoms with Crippen molar-refractivity contribution in [3.8, 4) is 0 Å². The number of aromatic amines is 1. The van der Waals surface area contributed by atoms with Crippen molar-refractivity contribution < 1.29 is 13.7 Å². The molecule has 1 heterocycles. The Labute approximate surface area is 77.2 Å². The summed E-state index contributed by atoms with van der Waals surface area (Å²) in [7, 11) is 0. The first kappa shape index (κ1) is 10.5. The molecule has 0 bridgehead atoms. The number of nitrogens with one attached hydrogen (secondary N) is 1. The van der Waals surface area contributed by atoms with E-state index < -0.39 is 22.6 Å². The number of H-pyrrole nitrogens is 1. The summed E-state index contributed by atoms with van der Waals surface area (Å²) in [6, 6.07) is 0. The lowest BCUT2D eigenvalue weighted by atomic mass is 9.99. The highest BCUT2D eigenvalue weighted by Gasteiger charge is 2.39. The molecule has 0 aliphatic rings. The van der Waals surface area contributed by atoms with E-state index in [2.05, 4.69) is 10.2 Å². The highest BCUT2D eigenvalue weighted by Crippen LogP contribution is 2.29. The molecule has 0 amide bonds. The molecule has 0 fully saturated rings. The minimum atomic E-state index is -2.92. The number of rotatable bonds is 3.